The van der Waals surface area contributed by atoms with Crippen molar-refractivity contribution < 1.29 is 4.39 Å². The second kappa shape index (κ2) is 5.65. The Hall–Kier alpha value is -1.03. The van der Waals surface area contributed by atoms with Crippen molar-refractivity contribution in [1.29, 1.82) is 0 Å². The van der Waals surface area contributed by atoms with Crippen molar-refractivity contribution in [2.24, 2.45) is 0 Å². The fraction of sp³-hybridized carbons (Fsp3) is 0.600. The van der Waals surface area contributed by atoms with E-state index in [0.29, 0.717) is 5.92 Å². The van der Waals surface area contributed by atoms with Crippen LogP contribution in [0, 0.1) is 5.82 Å². The fourth-order valence-electron chi connectivity index (χ4n) is 1.41. The van der Waals surface area contributed by atoms with E-state index in [1.807, 2.05) is 13.8 Å². The van der Waals surface area contributed by atoms with E-state index < -0.39 is 0 Å². The van der Waals surface area contributed by atoms with Crippen LogP contribution in [0.3, 0.4) is 0 Å². The van der Waals surface area contributed by atoms with Gasteiger partial charge in [-0.15, -0.1) is 0 Å². The first-order valence-corrected chi connectivity index (χ1v) is 5.04. The highest BCUT2D eigenvalue weighted by Gasteiger charge is 2.18. The lowest BCUT2D eigenvalue weighted by Gasteiger charge is -2.04. The molecule has 1 aromatic rings. The Balaban J connectivity index is 0.000000461. The molecule has 3 nitrogen and oxygen atoms in total. The van der Waals surface area contributed by atoms with Crippen molar-refractivity contribution in [1.82, 2.24) is 15.3 Å². The monoisotopic (exact) mass is 197 g/mol. The molecule has 1 N–H and O–H groups in total. The van der Waals surface area contributed by atoms with Gasteiger partial charge in [0.2, 0.25) is 0 Å². The Morgan fingerprint density at radius 2 is 2.00 bits per heavy atom. The van der Waals surface area contributed by atoms with Gasteiger partial charge in [-0.25, -0.2) is 14.4 Å². The summed E-state index contributed by atoms with van der Waals surface area (Å²) >= 11 is 0. The van der Waals surface area contributed by atoms with Gasteiger partial charge in [-0.1, -0.05) is 13.8 Å². The summed E-state index contributed by atoms with van der Waals surface area (Å²) in [5.41, 5.74) is 0. The molecule has 1 aromatic heterocycles. The third-order valence-corrected chi connectivity index (χ3v) is 2.07. The maximum absolute atomic E-state index is 12.4. The zero-order valence-corrected chi connectivity index (χ0v) is 8.63. The van der Waals surface area contributed by atoms with Crippen molar-refractivity contribution in [3.63, 3.8) is 0 Å². The Kier molecular flexibility index (Phi) is 4.46. The van der Waals surface area contributed by atoms with Gasteiger partial charge in [0.05, 0.1) is 12.4 Å². The molecule has 1 aliphatic heterocycles. The molecule has 78 valence electrons. The van der Waals surface area contributed by atoms with Gasteiger partial charge < -0.3 is 5.32 Å². The largest absolute Gasteiger partial charge is 0.316 e. The van der Waals surface area contributed by atoms with Crippen molar-refractivity contribution in [3.05, 3.63) is 24.0 Å². The Bertz CT molecular complexity index is 255. The highest BCUT2D eigenvalue weighted by Crippen LogP contribution is 2.17. The minimum atomic E-state index is -0.371. The van der Waals surface area contributed by atoms with Crippen LogP contribution in [0.5, 0.6) is 0 Å². The fourth-order valence-corrected chi connectivity index (χ4v) is 1.41. The molecule has 0 spiro atoms. The predicted molar refractivity (Wildman–Crippen MR) is 53.6 cm³/mol. The molecular weight excluding hydrogens is 181 g/mol. The van der Waals surface area contributed by atoms with E-state index in [2.05, 4.69) is 15.3 Å². The van der Waals surface area contributed by atoms with Crippen LogP contribution in [-0.2, 0) is 0 Å². The normalized spacial score (nSPS) is 20.1. The maximum atomic E-state index is 12.4. The standard InChI is InChI=1S/C8H10FN3.C2H6/c9-7-4-11-8(12-5-7)6-1-2-10-3-6;1-2/h4-6,10H,1-3H2;1-2H3. The lowest BCUT2D eigenvalue weighted by molar-refractivity contribution is 0.598. The van der Waals surface area contributed by atoms with Crippen LogP contribution in [0.2, 0.25) is 0 Å². The van der Waals surface area contributed by atoms with Gasteiger partial charge in [0.15, 0.2) is 5.82 Å². The van der Waals surface area contributed by atoms with Crippen molar-refractivity contribution in [2.75, 3.05) is 13.1 Å². The second-order valence-electron chi connectivity index (χ2n) is 2.95. The number of hydrogen-bond acceptors (Lipinski definition) is 3. The van der Waals surface area contributed by atoms with Gasteiger partial charge in [-0.3, -0.25) is 0 Å². The van der Waals surface area contributed by atoms with E-state index in [-0.39, 0.29) is 5.82 Å². The minimum Gasteiger partial charge on any atom is -0.316 e. The van der Waals surface area contributed by atoms with E-state index in [9.17, 15) is 4.39 Å². The average molecular weight is 197 g/mol. The van der Waals surface area contributed by atoms with Gasteiger partial charge >= 0.3 is 0 Å². The summed E-state index contributed by atoms with van der Waals surface area (Å²) < 4.78 is 12.4. The highest BCUT2D eigenvalue weighted by molar-refractivity contribution is 5.01. The highest BCUT2D eigenvalue weighted by atomic mass is 19.1. The van der Waals surface area contributed by atoms with Crippen LogP contribution in [0.25, 0.3) is 0 Å². The number of rotatable bonds is 1. The molecular formula is C10H16FN3. The quantitative estimate of drug-likeness (QED) is 0.745. The average Bonchev–Trinajstić information content (AvgIpc) is 2.75. The first-order valence-electron chi connectivity index (χ1n) is 5.04. The van der Waals surface area contributed by atoms with E-state index in [0.717, 1.165) is 25.3 Å². The Morgan fingerprint density at radius 3 is 2.50 bits per heavy atom. The lowest BCUT2D eigenvalue weighted by atomic mass is 10.1. The van der Waals surface area contributed by atoms with Gasteiger partial charge in [0.25, 0.3) is 0 Å². The summed E-state index contributed by atoms with van der Waals surface area (Å²) in [5.74, 6) is 0.747. The molecule has 1 saturated heterocycles. The number of halogens is 1. The molecule has 0 aliphatic carbocycles. The zero-order valence-electron chi connectivity index (χ0n) is 8.63. The van der Waals surface area contributed by atoms with Crippen LogP contribution in [0.4, 0.5) is 4.39 Å². The predicted octanol–water partition coefficient (Wildman–Crippen LogP) is 1.72. The van der Waals surface area contributed by atoms with Gasteiger partial charge in [0.1, 0.15) is 5.82 Å². The third kappa shape index (κ3) is 2.73. The van der Waals surface area contributed by atoms with E-state index in [1.165, 1.54) is 12.4 Å². The Labute approximate surface area is 83.8 Å². The van der Waals surface area contributed by atoms with Crippen LogP contribution < -0.4 is 5.32 Å². The first-order chi connectivity index (χ1) is 6.86. The van der Waals surface area contributed by atoms with Gasteiger partial charge in [0, 0.05) is 12.5 Å². The van der Waals surface area contributed by atoms with Gasteiger partial charge in [-0.2, -0.15) is 0 Å². The number of nitrogens with one attached hydrogen (secondary N) is 1. The SMILES string of the molecule is CC.Fc1cnc(C2CCNC2)nc1. The second-order valence-corrected chi connectivity index (χ2v) is 2.95. The molecule has 4 heteroatoms. The number of hydrogen-bond donors (Lipinski definition) is 1. The number of nitrogens with zero attached hydrogens (tertiary/aromatic N) is 2. The van der Waals surface area contributed by atoms with Crippen LogP contribution in [0.15, 0.2) is 12.4 Å². The minimum absolute atomic E-state index is 0.366. The lowest BCUT2D eigenvalue weighted by Crippen LogP contribution is -2.10. The summed E-state index contributed by atoms with van der Waals surface area (Å²) in [4.78, 5) is 7.87. The molecule has 2 heterocycles. The molecule has 1 unspecified atom stereocenters. The van der Waals surface area contributed by atoms with Crippen LogP contribution in [0.1, 0.15) is 32.0 Å². The smallest absolute Gasteiger partial charge is 0.159 e. The van der Waals surface area contributed by atoms with Crippen molar-refractivity contribution in [3.8, 4) is 0 Å². The molecule has 0 bridgehead atoms. The van der Waals surface area contributed by atoms with E-state index in [4.69, 9.17) is 0 Å². The summed E-state index contributed by atoms with van der Waals surface area (Å²) in [7, 11) is 0. The topological polar surface area (TPSA) is 37.8 Å². The van der Waals surface area contributed by atoms with E-state index >= 15 is 0 Å². The molecule has 0 radical (unpaired) electrons. The molecule has 1 atom stereocenters. The van der Waals surface area contributed by atoms with Crippen molar-refractivity contribution >= 4 is 0 Å². The third-order valence-electron chi connectivity index (χ3n) is 2.07. The molecule has 0 saturated carbocycles. The molecule has 2 rings (SSSR count). The molecule has 14 heavy (non-hydrogen) atoms. The first kappa shape index (κ1) is 11.0. The molecule has 1 fully saturated rings. The molecule has 1 aliphatic rings. The van der Waals surface area contributed by atoms with E-state index in [1.54, 1.807) is 0 Å². The van der Waals surface area contributed by atoms with Crippen molar-refractivity contribution in [2.45, 2.75) is 26.2 Å². The molecule has 0 amide bonds. The molecule has 0 aromatic carbocycles. The summed E-state index contributed by atoms with van der Waals surface area (Å²) in [6.07, 6.45) is 3.49. The zero-order chi connectivity index (χ0) is 10.4. The summed E-state index contributed by atoms with van der Waals surface area (Å²) in [5, 5.41) is 3.21. The number of aromatic nitrogens is 2. The summed E-state index contributed by atoms with van der Waals surface area (Å²) in [6.45, 7) is 5.91. The van der Waals surface area contributed by atoms with Crippen LogP contribution in [-0.4, -0.2) is 23.1 Å². The summed E-state index contributed by atoms with van der Waals surface area (Å²) in [6, 6.07) is 0. The Morgan fingerprint density at radius 1 is 1.36 bits per heavy atom. The van der Waals surface area contributed by atoms with Crippen LogP contribution >= 0.6 is 0 Å². The van der Waals surface area contributed by atoms with Gasteiger partial charge in [-0.05, 0) is 13.0 Å². The maximum Gasteiger partial charge on any atom is 0.159 e.